The molecule has 1 amide bonds. The molecule has 110 valence electrons. The van der Waals surface area contributed by atoms with E-state index in [2.05, 4.69) is 19.2 Å². The molecule has 0 unspecified atom stereocenters. The van der Waals surface area contributed by atoms with Gasteiger partial charge >= 0.3 is 5.97 Å². The monoisotopic (exact) mass is 313 g/mol. The van der Waals surface area contributed by atoms with Crippen molar-refractivity contribution in [3.05, 3.63) is 29.8 Å². The van der Waals surface area contributed by atoms with Gasteiger partial charge in [-0.3, -0.25) is 9.59 Å². The lowest BCUT2D eigenvalue weighted by Gasteiger charge is -2.11. The van der Waals surface area contributed by atoms with Gasteiger partial charge in [0.15, 0.2) is 0 Å². The number of carboxylic acid groups (broad SMARTS) is 1. The third-order valence-corrected chi connectivity index (χ3v) is 4.28. The largest absolute Gasteiger partial charge is 0.481 e. The maximum Gasteiger partial charge on any atom is 0.313 e. The number of hydrogen-bond donors (Lipinski definition) is 2. The van der Waals surface area contributed by atoms with E-state index in [-0.39, 0.29) is 11.7 Å². The number of carboxylic acids is 1. The van der Waals surface area contributed by atoms with Crippen molar-refractivity contribution in [3.63, 3.8) is 0 Å². The van der Waals surface area contributed by atoms with Gasteiger partial charge in [0.2, 0.25) is 0 Å². The average Bonchev–Trinajstić information content (AvgIpc) is 2.37. The number of carbonyl (C=O) groups is 2. The Kier molecular flexibility index (Phi) is 7.54. The number of benzene rings is 1. The van der Waals surface area contributed by atoms with Crippen LogP contribution in [0.25, 0.3) is 0 Å². The van der Waals surface area contributed by atoms with E-state index >= 15 is 0 Å². The molecule has 0 fully saturated rings. The molecule has 4 nitrogen and oxygen atoms in total. The SMILES string of the molecule is CC(C)Sc1ccccc1C(=O)NCCSCC(=O)O. The van der Waals surface area contributed by atoms with Crippen LogP contribution in [0.3, 0.4) is 0 Å². The van der Waals surface area contributed by atoms with Crippen LogP contribution in [0.4, 0.5) is 0 Å². The fourth-order valence-corrected chi connectivity index (χ4v) is 3.02. The molecular weight excluding hydrogens is 294 g/mol. The summed E-state index contributed by atoms with van der Waals surface area (Å²) in [5.74, 6) is -0.280. The molecule has 0 radical (unpaired) electrons. The predicted molar refractivity (Wildman–Crippen MR) is 84.7 cm³/mol. The summed E-state index contributed by atoms with van der Waals surface area (Å²) in [7, 11) is 0. The molecule has 1 aromatic rings. The van der Waals surface area contributed by atoms with Crippen molar-refractivity contribution in [2.45, 2.75) is 24.0 Å². The van der Waals surface area contributed by atoms with E-state index in [0.717, 1.165) is 4.90 Å². The lowest BCUT2D eigenvalue weighted by Crippen LogP contribution is -2.26. The zero-order valence-electron chi connectivity index (χ0n) is 11.6. The van der Waals surface area contributed by atoms with Gasteiger partial charge in [-0.1, -0.05) is 26.0 Å². The van der Waals surface area contributed by atoms with Crippen LogP contribution in [-0.4, -0.2) is 40.3 Å². The molecule has 2 N–H and O–H groups in total. The highest BCUT2D eigenvalue weighted by Crippen LogP contribution is 2.26. The van der Waals surface area contributed by atoms with Crippen molar-refractivity contribution >= 4 is 35.4 Å². The summed E-state index contributed by atoms with van der Waals surface area (Å²) in [6, 6.07) is 7.52. The molecule has 0 spiro atoms. The Morgan fingerprint density at radius 1 is 1.30 bits per heavy atom. The van der Waals surface area contributed by atoms with Gasteiger partial charge in [-0.25, -0.2) is 0 Å². The molecule has 20 heavy (non-hydrogen) atoms. The first-order chi connectivity index (χ1) is 9.50. The van der Waals surface area contributed by atoms with Gasteiger partial charge in [-0.15, -0.1) is 23.5 Å². The number of nitrogens with one attached hydrogen (secondary N) is 1. The van der Waals surface area contributed by atoms with Crippen molar-refractivity contribution < 1.29 is 14.7 Å². The first-order valence-electron chi connectivity index (χ1n) is 6.34. The average molecular weight is 313 g/mol. The molecule has 6 heteroatoms. The Balaban J connectivity index is 2.48. The predicted octanol–water partition coefficient (Wildman–Crippen LogP) is 2.73. The van der Waals surface area contributed by atoms with Gasteiger partial charge in [-0.05, 0) is 12.1 Å². The standard InChI is InChI=1S/C14H19NO3S2/c1-10(2)20-12-6-4-3-5-11(12)14(18)15-7-8-19-9-13(16)17/h3-6,10H,7-9H2,1-2H3,(H,15,18)(H,16,17). The van der Waals surface area contributed by atoms with Crippen LogP contribution in [0.2, 0.25) is 0 Å². The Labute approximate surface area is 127 Å². The topological polar surface area (TPSA) is 66.4 Å². The molecule has 0 saturated carbocycles. The number of aliphatic carboxylic acids is 1. The number of carbonyl (C=O) groups excluding carboxylic acids is 1. The Bertz CT molecular complexity index is 463. The summed E-state index contributed by atoms with van der Waals surface area (Å²) in [5.41, 5.74) is 0.675. The maximum absolute atomic E-state index is 12.1. The van der Waals surface area contributed by atoms with Gasteiger partial charge in [0.25, 0.3) is 5.91 Å². The minimum absolute atomic E-state index is 0.0651. The van der Waals surface area contributed by atoms with E-state index in [0.29, 0.717) is 23.1 Å². The van der Waals surface area contributed by atoms with Gasteiger partial charge in [-0.2, -0.15) is 0 Å². The van der Waals surface area contributed by atoms with E-state index in [1.54, 1.807) is 11.8 Å². The quantitative estimate of drug-likeness (QED) is 0.570. The summed E-state index contributed by atoms with van der Waals surface area (Å²) in [6.07, 6.45) is 0. The van der Waals surface area contributed by atoms with Gasteiger partial charge in [0.05, 0.1) is 11.3 Å². The molecule has 0 bridgehead atoms. The van der Waals surface area contributed by atoms with Crippen LogP contribution in [0.15, 0.2) is 29.2 Å². The van der Waals surface area contributed by atoms with E-state index in [1.807, 2.05) is 24.3 Å². The van der Waals surface area contributed by atoms with Gasteiger partial charge < -0.3 is 10.4 Å². The fraction of sp³-hybridized carbons (Fsp3) is 0.429. The number of hydrogen-bond acceptors (Lipinski definition) is 4. The fourth-order valence-electron chi connectivity index (χ4n) is 1.50. The van der Waals surface area contributed by atoms with Crippen molar-refractivity contribution in [2.24, 2.45) is 0 Å². The van der Waals surface area contributed by atoms with Crippen LogP contribution in [0.1, 0.15) is 24.2 Å². The van der Waals surface area contributed by atoms with E-state index in [4.69, 9.17) is 5.11 Å². The van der Waals surface area contributed by atoms with Crippen LogP contribution in [-0.2, 0) is 4.79 Å². The molecule has 0 aliphatic rings. The van der Waals surface area contributed by atoms with Crippen LogP contribution in [0, 0.1) is 0 Å². The zero-order chi connectivity index (χ0) is 15.0. The Morgan fingerprint density at radius 3 is 2.65 bits per heavy atom. The smallest absolute Gasteiger partial charge is 0.313 e. The minimum Gasteiger partial charge on any atom is -0.481 e. The van der Waals surface area contributed by atoms with Crippen molar-refractivity contribution in [1.29, 1.82) is 0 Å². The molecule has 0 aliphatic carbocycles. The van der Waals surface area contributed by atoms with E-state index < -0.39 is 5.97 Å². The molecule has 0 heterocycles. The molecule has 0 saturated heterocycles. The first kappa shape index (κ1) is 16.9. The molecule has 0 aliphatic heterocycles. The van der Waals surface area contributed by atoms with Crippen molar-refractivity contribution in [2.75, 3.05) is 18.1 Å². The van der Waals surface area contributed by atoms with Crippen molar-refractivity contribution in [3.8, 4) is 0 Å². The summed E-state index contributed by atoms with van der Waals surface area (Å²) >= 11 is 2.95. The second-order valence-corrected chi connectivity index (χ2v) is 7.09. The molecule has 1 rings (SSSR count). The number of thioether (sulfide) groups is 2. The highest BCUT2D eigenvalue weighted by atomic mass is 32.2. The van der Waals surface area contributed by atoms with Gasteiger partial charge in [0.1, 0.15) is 0 Å². The second-order valence-electron chi connectivity index (χ2n) is 4.36. The number of amides is 1. The first-order valence-corrected chi connectivity index (χ1v) is 8.37. The Hall–Kier alpha value is -1.14. The molecule has 0 atom stereocenters. The van der Waals surface area contributed by atoms with Crippen LogP contribution in [0.5, 0.6) is 0 Å². The van der Waals surface area contributed by atoms with Crippen LogP contribution >= 0.6 is 23.5 Å². The highest BCUT2D eigenvalue weighted by Gasteiger charge is 2.11. The molecular formula is C14H19NO3S2. The van der Waals surface area contributed by atoms with Crippen LogP contribution < -0.4 is 5.32 Å². The third kappa shape index (κ3) is 6.34. The normalized spacial score (nSPS) is 10.6. The van der Waals surface area contributed by atoms with E-state index in [9.17, 15) is 9.59 Å². The Morgan fingerprint density at radius 2 is 2.00 bits per heavy atom. The summed E-state index contributed by atoms with van der Waals surface area (Å²) in [5, 5.41) is 11.7. The second kappa shape index (κ2) is 8.92. The third-order valence-electron chi connectivity index (χ3n) is 2.25. The lowest BCUT2D eigenvalue weighted by molar-refractivity contribution is -0.133. The molecule has 1 aromatic carbocycles. The zero-order valence-corrected chi connectivity index (χ0v) is 13.2. The summed E-state index contributed by atoms with van der Waals surface area (Å²) in [4.78, 5) is 23.4. The summed E-state index contributed by atoms with van der Waals surface area (Å²) in [6.45, 7) is 4.64. The van der Waals surface area contributed by atoms with E-state index in [1.165, 1.54) is 11.8 Å². The van der Waals surface area contributed by atoms with Crippen molar-refractivity contribution in [1.82, 2.24) is 5.32 Å². The molecule has 0 aromatic heterocycles. The van der Waals surface area contributed by atoms with Gasteiger partial charge in [0, 0.05) is 22.4 Å². The highest BCUT2D eigenvalue weighted by molar-refractivity contribution is 8.00. The minimum atomic E-state index is -0.833. The lowest BCUT2D eigenvalue weighted by atomic mass is 10.2. The number of rotatable bonds is 8. The maximum atomic E-state index is 12.1. The summed E-state index contributed by atoms with van der Waals surface area (Å²) < 4.78 is 0.